The van der Waals surface area contributed by atoms with Gasteiger partial charge in [-0.05, 0) is 39.0 Å². The number of rotatable bonds is 5. The Bertz CT molecular complexity index is 558. The molecule has 4 nitrogen and oxygen atoms in total. The Balaban J connectivity index is 2.72. The first kappa shape index (κ1) is 16.2. The molecule has 0 atom stereocenters. The van der Waals surface area contributed by atoms with Gasteiger partial charge in [0.1, 0.15) is 12.4 Å². The molecule has 0 bridgehead atoms. The van der Waals surface area contributed by atoms with Crippen LogP contribution in [0.15, 0.2) is 22.7 Å². The molecule has 0 aliphatic rings. The van der Waals surface area contributed by atoms with Crippen LogP contribution in [0.4, 0.5) is 0 Å². The van der Waals surface area contributed by atoms with Gasteiger partial charge in [-0.3, -0.25) is 4.79 Å². The van der Waals surface area contributed by atoms with Gasteiger partial charge in [0, 0.05) is 4.47 Å². The smallest absolute Gasteiger partial charge is 0.158 e. The maximum absolute atomic E-state index is 11.9. The van der Waals surface area contributed by atoms with E-state index in [0.717, 1.165) is 4.47 Å². The highest BCUT2D eigenvalue weighted by Crippen LogP contribution is 2.22. The molecule has 0 aliphatic carbocycles. The minimum atomic E-state index is -3.22. The minimum Gasteiger partial charge on any atom is -0.492 e. The van der Waals surface area contributed by atoms with Gasteiger partial charge >= 0.3 is 0 Å². The van der Waals surface area contributed by atoms with Crippen molar-refractivity contribution in [3.63, 3.8) is 0 Å². The SMILES string of the molecule is CC(C)(C)S(=O)(=O)CCOc1ccc(Br)cc1C=O. The number of sulfone groups is 1. The summed E-state index contributed by atoms with van der Waals surface area (Å²) >= 11 is 3.25. The Morgan fingerprint density at radius 1 is 1.32 bits per heavy atom. The van der Waals surface area contributed by atoms with Crippen LogP contribution in [0.2, 0.25) is 0 Å². The van der Waals surface area contributed by atoms with E-state index in [1.165, 1.54) is 0 Å². The quantitative estimate of drug-likeness (QED) is 0.767. The maximum Gasteiger partial charge on any atom is 0.158 e. The largest absolute Gasteiger partial charge is 0.492 e. The third-order valence-corrected chi connectivity index (χ3v) is 5.70. The second-order valence-corrected chi connectivity index (χ2v) is 8.86. The van der Waals surface area contributed by atoms with Gasteiger partial charge in [0.2, 0.25) is 0 Å². The maximum atomic E-state index is 11.9. The Kier molecular flexibility index (Phi) is 5.15. The topological polar surface area (TPSA) is 60.4 Å². The van der Waals surface area contributed by atoms with E-state index in [1.54, 1.807) is 39.0 Å². The predicted octanol–water partition coefficient (Wildman–Crippen LogP) is 2.85. The number of carbonyl (C=O) groups excluding carboxylic acids is 1. The van der Waals surface area contributed by atoms with E-state index in [1.807, 2.05) is 0 Å². The van der Waals surface area contributed by atoms with E-state index in [-0.39, 0.29) is 12.4 Å². The molecule has 0 saturated carbocycles. The van der Waals surface area contributed by atoms with Crippen molar-refractivity contribution in [2.24, 2.45) is 0 Å². The van der Waals surface area contributed by atoms with E-state index in [4.69, 9.17) is 4.74 Å². The molecule has 19 heavy (non-hydrogen) atoms. The monoisotopic (exact) mass is 348 g/mol. The number of benzene rings is 1. The molecule has 0 amide bonds. The molecule has 0 fully saturated rings. The number of aldehydes is 1. The molecule has 0 heterocycles. The summed E-state index contributed by atoms with van der Waals surface area (Å²) in [6.07, 6.45) is 0.679. The van der Waals surface area contributed by atoms with E-state index < -0.39 is 14.6 Å². The van der Waals surface area contributed by atoms with Gasteiger partial charge in [-0.25, -0.2) is 8.42 Å². The lowest BCUT2D eigenvalue weighted by Gasteiger charge is -2.19. The van der Waals surface area contributed by atoms with Crippen molar-refractivity contribution in [2.45, 2.75) is 25.5 Å². The molecule has 0 N–H and O–H groups in total. The molecule has 0 aliphatic heterocycles. The molecule has 0 unspecified atom stereocenters. The zero-order valence-corrected chi connectivity index (χ0v) is 13.5. The highest BCUT2D eigenvalue weighted by Gasteiger charge is 2.28. The van der Waals surface area contributed by atoms with Crippen molar-refractivity contribution in [1.82, 2.24) is 0 Å². The van der Waals surface area contributed by atoms with Crippen LogP contribution in [0.5, 0.6) is 5.75 Å². The van der Waals surface area contributed by atoms with Crippen molar-refractivity contribution >= 4 is 32.1 Å². The summed E-state index contributed by atoms with van der Waals surface area (Å²) in [7, 11) is -3.22. The molecule has 1 rings (SSSR count). The number of hydrogen-bond donors (Lipinski definition) is 0. The molecule has 1 aromatic carbocycles. The molecule has 106 valence electrons. The summed E-state index contributed by atoms with van der Waals surface area (Å²) in [5, 5.41) is 0. The summed E-state index contributed by atoms with van der Waals surface area (Å²) in [4.78, 5) is 10.9. The molecular weight excluding hydrogens is 332 g/mol. The van der Waals surface area contributed by atoms with E-state index >= 15 is 0 Å². The zero-order valence-electron chi connectivity index (χ0n) is 11.1. The van der Waals surface area contributed by atoms with Gasteiger partial charge in [-0.15, -0.1) is 0 Å². The average Bonchev–Trinajstić information content (AvgIpc) is 2.29. The zero-order chi connectivity index (χ0) is 14.7. The highest BCUT2D eigenvalue weighted by molar-refractivity contribution is 9.10. The Labute approximate surface area is 122 Å². The van der Waals surface area contributed by atoms with E-state index in [0.29, 0.717) is 17.6 Å². The second kappa shape index (κ2) is 6.05. The number of carbonyl (C=O) groups is 1. The fraction of sp³-hybridized carbons (Fsp3) is 0.462. The molecule has 0 aromatic heterocycles. The van der Waals surface area contributed by atoms with E-state index in [9.17, 15) is 13.2 Å². The predicted molar refractivity (Wildman–Crippen MR) is 78.6 cm³/mol. The fourth-order valence-corrected chi connectivity index (χ4v) is 2.60. The van der Waals surface area contributed by atoms with Crippen molar-refractivity contribution in [1.29, 1.82) is 0 Å². The van der Waals surface area contributed by atoms with Crippen LogP contribution in [0.25, 0.3) is 0 Å². The fourth-order valence-electron chi connectivity index (χ4n) is 1.31. The first-order valence-corrected chi connectivity index (χ1v) is 8.22. The van der Waals surface area contributed by atoms with Gasteiger partial charge in [0.25, 0.3) is 0 Å². The lowest BCUT2D eigenvalue weighted by molar-refractivity contribution is 0.112. The third-order valence-electron chi connectivity index (χ3n) is 2.64. The first-order chi connectivity index (χ1) is 8.67. The molecule has 0 radical (unpaired) electrons. The van der Waals surface area contributed by atoms with Crippen molar-refractivity contribution in [2.75, 3.05) is 12.4 Å². The molecule has 1 aromatic rings. The van der Waals surface area contributed by atoms with E-state index in [2.05, 4.69) is 15.9 Å². The minimum absolute atomic E-state index is 0.0298. The van der Waals surface area contributed by atoms with Gasteiger partial charge in [-0.2, -0.15) is 0 Å². The van der Waals surface area contributed by atoms with Crippen LogP contribution in [0, 0.1) is 0 Å². The van der Waals surface area contributed by atoms with Crippen molar-refractivity contribution < 1.29 is 17.9 Å². The van der Waals surface area contributed by atoms with Gasteiger partial charge < -0.3 is 4.74 Å². The lowest BCUT2D eigenvalue weighted by Crippen LogP contribution is -2.32. The molecule has 0 spiro atoms. The Morgan fingerprint density at radius 2 is 1.95 bits per heavy atom. The van der Waals surface area contributed by atoms with Crippen LogP contribution in [-0.4, -0.2) is 31.8 Å². The summed E-state index contributed by atoms with van der Waals surface area (Å²) in [5.74, 6) is 0.313. The Morgan fingerprint density at radius 3 is 2.47 bits per heavy atom. The van der Waals surface area contributed by atoms with Gasteiger partial charge in [-0.1, -0.05) is 15.9 Å². The van der Waals surface area contributed by atoms with Crippen molar-refractivity contribution in [3.05, 3.63) is 28.2 Å². The first-order valence-electron chi connectivity index (χ1n) is 5.77. The van der Waals surface area contributed by atoms with Crippen LogP contribution >= 0.6 is 15.9 Å². The lowest BCUT2D eigenvalue weighted by atomic mass is 10.2. The summed E-state index contributed by atoms with van der Waals surface area (Å²) < 4.78 is 29.1. The standard InChI is InChI=1S/C13H17BrO4S/c1-13(2,3)19(16,17)7-6-18-12-5-4-11(14)8-10(12)9-15/h4-5,8-9H,6-7H2,1-3H3. The number of hydrogen-bond acceptors (Lipinski definition) is 4. The summed E-state index contributed by atoms with van der Waals surface area (Å²) in [5.41, 5.74) is 0.391. The number of halogens is 1. The van der Waals surface area contributed by atoms with Crippen LogP contribution in [-0.2, 0) is 9.84 Å². The van der Waals surface area contributed by atoms with Crippen LogP contribution < -0.4 is 4.74 Å². The van der Waals surface area contributed by atoms with Crippen molar-refractivity contribution in [3.8, 4) is 5.75 Å². The van der Waals surface area contributed by atoms with Crippen LogP contribution in [0.3, 0.4) is 0 Å². The highest BCUT2D eigenvalue weighted by atomic mass is 79.9. The second-order valence-electron chi connectivity index (χ2n) is 5.08. The molecule has 0 saturated heterocycles. The normalized spacial score (nSPS) is 12.2. The summed E-state index contributed by atoms with van der Waals surface area (Å²) in [6, 6.07) is 5.00. The number of ether oxygens (including phenoxy) is 1. The van der Waals surface area contributed by atoms with Gasteiger partial charge in [0.05, 0.1) is 16.1 Å². The average molecular weight is 349 g/mol. The van der Waals surface area contributed by atoms with Gasteiger partial charge in [0.15, 0.2) is 16.1 Å². The van der Waals surface area contributed by atoms with Crippen LogP contribution in [0.1, 0.15) is 31.1 Å². The molecule has 6 heteroatoms. The Hall–Kier alpha value is -0.880. The third kappa shape index (κ3) is 4.31. The molecular formula is C13H17BrO4S. The summed E-state index contributed by atoms with van der Waals surface area (Å²) in [6.45, 7) is 4.98.